The Hall–Kier alpha value is -0.0800. The molecule has 2 nitrogen and oxygen atoms in total. The Kier molecular flexibility index (Phi) is 2.49. The fourth-order valence-electron chi connectivity index (χ4n) is 1.12. The van der Waals surface area contributed by atoms with Crippen LogP contribution in [0, 0.1) is 5.92 Å². The summed E-state index contributed by atoms with van der Waals surface area (Å²) in [5.74, 6) is 0.639. The summed E-state index contributed by atoms with van der Waals surface area (Å²) in [5.41, 5.74) is 0. The molecule has 1 fully saturated rings. The van der Waals surface area contributed by atoms with Crippen molar-refractivity contribution in [3.8, 4) is 0 Å². The van der Waals surface area contributed by atoms with Gasteiger partial charge in [0, 0.05) is 13.2 Å². The molecule has 0 radical (unpaired) electrons. The van der Waals surface area contributed by atoms with Gasteiger partial charge in [-0.25, -0.2) is 0 Å². The van der Waals surface area contributed by atoms with Crippen LogP contribution in [0.3, 0.4) is 0 Å². The highest BCUT2D eigenvalue weighted by Gasteiger charge is 2.26. The summed E-state index contributed by atoms with van der Waals surface area (Å²) < 4.78 is 5.17. The minimum absolute atomic E-state index is 0.0320. The molecular weight excluding hydrogens is 116 g/mol. The molecule has 0 spiro atoms. The van der Waals surface area contributed by atoms with E-state index in [-0.39, 0.29) is 6.10 Å². The average molecular weight is 130 g/mol. The first-order chi connectivity index (χ1) is 4.33. The standard InChI is InChI=1S/C7H14O2/c1-2-9-5-6-3-7(8)4-6/h6-8H,2-5H2,1H3. The number of hydrogen-bond acceptors (Lipinski definition) is 2. The van der Waals surface area contributed by atoms with E-state index in [1.165, 1.54) is 0 Å². The zero-order valence-electron chi connectivity index (χ0n) is 5.84. The quantitative estimate of drug-likeness (QED) is 0.612. The van der Waals surface area contributed by atoms with Gasteiger partial charge in [-0.05, 0) is 25.7 Å². The highest BCUT2D eigenvalue weighted by atomic mass is 16.5. The van der Waals surface area contributed by atoms with Crippen LogP contribution in [-0.2, 0) is 4.74 Å². The molecule has 1 aliphatic carbocycles. The molecule has 1 saturated carbocycles. The second kappa shape index (κ2) is 3.18. The van der Waals surface area contributed by atoms with Gasteiger partial charge >= 0.3 is 0 Å². The SMILES string of the molecule is CCOCC1CC(O)C1. The van der Waals surface area contributed by atoms with Crippen LogP contribution in [0.5, 0.6) is 0 Å². The maximum Gasteiger partial charge on any atom is 0.0547 e. The highest BCUT2D eigenvalue weighted by molar-refractivity contribution is 4.77. The summed E-state index contributed by atoms with van der Waals surface area (Å²) >= 11 is 0. The molecule has 1 aliphatic rings. The Morgan fingerprint density at radius 2 is 2.22 bits per heavy atom. The molecule has 0 aromatic heterocycles. The van der Waals surface area contributed by atoms with Gasteiger partial charge in [0.2, 0.25) is 0 Å². The van der Waals surface area contributed by atoms with Gasteiger partial charge in [-0.2, -0.15) is 0 Å². The number of aliphatic hydroxyl groups is 1. The average Bonchev–Trinajstić information content (AvgIpc) is 1.78. The molecule has 0 atom stereocenters. The lowest BCUT2D eigenvalue weighted by Gasteiger charge is -2.30. The normalized spacial score (nSPS) is 34.0. The Morgan fingerprint density at radius 3 is 2.67 bits per heavy atom. The smallest absolute Gasteiger partial charge is 0.0547 e. The fraction of sp³-hybridized carbons (Fsp3) is 1.00. The van der Waals surface area contributed by atoms with Crippen molar-refractivity contribution < 1.29 is 9.84 Å². The van der Waals surface area contributed by atoms with Gasteiger partial charge in [0.05, 0.1) is 6.10 Å². The third kappa shape index (κ3) is 1.95. The predicted molar refractivity (Wildman–Crippen MR) is 35.2 cm³/mol. The monoisotopic (exact) mass is 130 g/mol. The first-order valence-corrected chi connectivity index (χ1v) is 3.58. The number of hydrogen-bond donors (Lipinski definition) is 1. The van der Waals surface area contributed by atoms with Crippen LogP contribution in [0.1, 0.15) is 19.8 Å². The van der Waals surface area contributed by atoms with Gasteiger partial charge in [-0.15, -0.1) is 0 Å². The molecular formula is C7H14O2. The lowest BCUT2D eigenvalue weighted by atomic mass is 9.83. The van der Waals surface area contributed by atoms with Crippen LogP contribution < -0.4 is 0 Å². The van der Waals surface area contributed by atoms with Crippen molar-refractivity contribution in [2.24, 2.45) is 5.92 Å². The molecule has 0 amide bonds. The molecule has 0 saturated heterocycles. The van der Waals surface area contributed by atoms with E-state index < -0.39 is 0 Å². The van der Waals surface area contributed by atoms with E-state index in [0.29, 0.717) is 5.92 Å². The molecule has 54 valence electrons. The third-order valence-electron chi connectivity index (χ3n) is 1.77. The van der Waals surface area contributed by atoms with E-state index in [0.717, 1.165) is 26.1 Å². The van der Waals surface area contributed by atoms with Crippen molar-refractivity contribution in [1.82, 2.24) is 0 Å². The van der Waals surface area contributed by atoms with E-state index >= 15 is 0 Å². The summed E-state index contributed by atoms with van der Waals surface area (Å²) in [7, 11) is 0. The first-order valence-electron chi connectivity index (χ1n) is 3.58. The number of rotatable bonds is 3. The van der Waals surface area contributed by atoms with Crippen molar-refractivity contribution in [3.05, 3.63) is 0 Å². The Balaban J connectivity index is 1.91. The summed E-state index contributed by atoms with van der Waals surface area (Å²) in [4.78, 5) is 0. The minimum atomic E-state index is -0.0320. The van der Waals surface area contributed by atoms with Crippen LogP contribution in [0.4, 0.5) is 0 Å². The molecule has 0 unspecified atom stereocenters. The van der Waals surface area contributed by atoms with E-state index in [1.807, 2.05) is 6.92 Å². The summed E-state index contributed by atoms with van der Waals surface area (Å²) in [5, 5.41) is 8.86. The van der Waals surface area contributed by atoms with E-state index in [4.69, 9.17) is 9.84 Å². The lowest BCUT2D eigenvalue weighted by Crippen LogP contribution is -2.31. The van der Waals surface area contributed by atoms with Gasteiger partial charge < -0.3 is 9.84 Å². The second-order valence-electron chi connectivity index (χ2n) is 2.65. The summed E-state index contributed by atoms with van der Waals surface area (Å²) in [6, 6.07) is 0. The van der Waals surface area contributed by atoms with Gasteiger partial charge in [0.15, 0.2) is 0 Å². The van der Waals surface area contributed by atoms with Crippen molar-refractivity contribution in [2.45, 2.75) is 25.9 Å². The molecule has 0 heterocycles. The Morgan fingerprint density at radius 1 is 1.56 bits per heavy atom. The molecule has 0 aliphatic heterocycles. The van der Waals surface area contributed by atoms with Crippen LogP contribution in [0.2, 0.25) is 0 Å². The zero-order valence-corrected chi connectivity index (χ0v) is 5.84. The Labute approximate surface area is 55.8 Å². The Bertz CT molecular complexity index is 77.0. The first kappa shape index (κ1) is 7.03. The van der Waals surface area contributed by atoms with E-state index in [9.17, 15) is 0 Å². The molecule has 2 heteroatoms. The van der Waals surface area contributed by atoms with Crippen LogP contribution >= 0.6 is 0 Å². The molecule has 0 aromatic rings. The summed E-state index contributed by atoms with van der Waals surface area (Å²) in [6.45, 7) is 3.63. The van der Waals surface area contributed by atoms with Gasteiger partial charge in [0.25, 0.3) is 0 Å². The maximum atomic E-state index is 8.86. The lowest BCUT2D eigenvalue weighted by molar-refractivity contribution is -0.00714. The minimum Gasteiger partial charge on any atom is -0.393 e. The van der Waals surface area contributed by atoms with E-state index in [2.05, 4.69) is 0 Å². The van der Waals surface area contributed by atoms with Crippen LogP contribution in [0.25, 0.3) is 0 Å². The van der Waals surface area contributed by atoms with Crippen molar-refractivity contribution >= 4 is 0 Å². The molecule has 1 rings (SSSR count). The number of ether oxygens (including phenoxy) is 1. The third-order valence-corrected chi connectivity index (χ3v) is 1.77. The molecule has 0 bridgehead atoms. The van der Waals surface area contributed by atoms with Crippen LogP contribution in [0.15, 0.2) is 0 Å². The predicted octanol–water partition coefficient (Wildman–Crippen LogP) is 0.794. The van der Waals surface area contributed by atoms with Gasteiger partial charge in [-0.1, -0.05) is 0 Å². The van der Waals surface area contributed by atoms with E-state index in [1.54, 1.807) is 0 Å². The van der Waals surface area contributed by atoms with Crippen molar-refractivity contribution in [3.63, 3.8) is 0 Å². The topological polar surface area (TPSA) is 29.5 Å². The maximum absolute atomic E-state index is 8.86. The van der Waals surface area contributed by atoms with Gasteiger partial charge in [-0.3, -0.25) is 0 Å². The largest absolute Gasteiger partial charge is 0.393 e. The van der Waals surface area contributed by atoms with Gasteiger partial charge in [0.1, 0.15) is 0 Å². The van der Waals surface area contributed by atoms with Crippen LogP contribution in [-0.4, -0.2) is 24.4 Å². The molecule has 1 N–H and O–H groups in total. The van der Waals surface area contributed by atoms with Crippen molar-refractivity contribution in [2.75, 3.05) is 13.2 Å². The second-order valence-corrected chi connectivity index (χ2v) is 2.65. The zero-order chi connectivity index (χ0) is 6.69. The fourth-order valence-corrected chi connectivity index (χ4v) is 1.12. The molecule has 0 aromatic carbocycles. The molecule has 9 heavy (non-hydrogen) atoms. The summed E-state index contributed by atoms with van der Waals surface area (Å²) in [6.07, 6.45) is 1.86. The van der Waals surface area contributed by atoms with Crippen molar-refractivity contribution in [1.29, 1.82) is 0 Å². The number of aliphatic hydroxyl groups excluding tert-OH is 1. The highest BCUT2D eigenvalue weighted by Crippen LogP contribution is 2.26.